The minimum atomic E-state index is 0.332. The molecule has 0 spiro atoms. The van der Waals surface area contributed by atoms with E-state index in [1.54, 1.807) is 0 Å². The molecule has 0 aliphatic rings. The maximum Gasteiger partial charge on any atom is 0.165 e. The number of aromatic nitrogens is 4. The van der Waals surface area contributed by atoms with Crippen LogP contribution in [0.3, 0.4) is 0 Å². The summed E-state index contributed by atoms with van der Waals surface area (Å²) in [7, 11) is 1.86. The largest absolute Gasteiger partial charge is 0.372 e. The van der Waals surface area contributed by atoms with Gasteiger partial charge in [0.1, 0.15) is 5.82 Å². The number of nitrogens with one attached hydrogen (secondary N) is 1. The monoisotopic (exact) mass is 323 g/mol. The van der Waals surface area contributed by atoms with Crippen molar-refractivity contribution >= 4 is 21.7 Å². The van der Waals surface area contributed by atoms with Gasteiger partial charge in [0.2, 0.25) is 0 Å². The maximum atomic E-state index is 4.59. The third kappa shape index (κ3) is 2.78. The fourth-order valence-corrected chi connectivity index (χ4v) is 2.41. The van der Waals surface area contributed by atoms with Gasteiger partial charge in [0.05, 0.1) is 21.9 Å². The molecule has 2 aromatic rings. The maximum absolute atomic E-state index is 4.59. The first-order chi connectivity index (χ1) is 9.06. The second kappa shape index (κ2) is 5.69. The zero-order valence-electron chi connectivity index (χ0n) is 11.6. The van der Waals surface area contributed by atoms with E-state index in [-0.39, 0.29) is 0 Å². The van der Waals surface area contributed by atoms with E-state index in [4.69, 9.17) is 0 Å². The zero-order valence-corrected chi connectivity index (χ0v) is 13.2. The van der Waals surface area contributed by atoms with E-state index in [0.717, 1.165) is 28.0 Å². The van der Waals surface area contributed by atoms with E-state index in [9.17, 15) is 0 Å². The van der Waals surface area contributed by atoms with E-state index in [1.807, 2.05) is 24.1 Å². The number of hydrogen-bond acceptors (Lipinski definition) is 4. The minimum Gasteiger partial charge on any atom is -0.372 e. The molecular formula is C13H18BrN5. The van der Waals surface area contributed by atoms with Crippen LogP contribution in [0.5, 0.6) is 0 Å². The lowest BCUT2D eigenvalue weighted by atomic mass is 10.2. The summed E-state index contributed by atoms with van der Waals surface area (Å²) in [6.07, 6.45) is 4.64. The molecule has 102 valence electrons. The second-order valence-corrected chi connectivity index (χ2v) is 5.36. The predicted molar refractivity (Wildman–Crippen MR) is 80.3 cm³/mol. The summed E-state index contributed by atoms with van der Waals surface area (Å²) in [4.78, 5) is 9.11. The molecule has 2 rings (SSSR count). The Morgan fingerprint density at radius 1 is 1.37 bits per heavy atom. The summed E-state index contributed by atoms with van der Waals surface area (Å²) in [6.45, 7) is 6.26. The molecule has 0 aliphatic carbocycles. The SMILES string of the molecule is CCc1nc(-c2cnn(C(C)C)c2)nc(NC)c1Br. The smallest absolute Gasteiger partial charge is 0.165 e. The quantitative estimate of drug-likeness (QED) is 0.938. The average Bonchev–Trinajstić information content (AvgIpc) is 2.89. The lowest BCUT2D eigenvalue weighted by Crippen LogP contribution is -2.02. The van der Waals surface area contributed by atoms with Crippen LogP contribution in [0.15, 0.2) is 16.9 Å². The Labute approximate surface area is 121 Å². The lowest BCUT2D eigenvalue weighted by Gasteiger charge is -2.09. The van der Waals surface area contributed by atoms with Crippen molar-refractivity contribution in [2.45, 2.75) is 33.2 Å². The average molecular weight is 324 g/mol. The molecule has 0 atom stereocenters. The molecule has 0 saturated heterocycles. The van der Waals surface area contributed by atoms with Crippen LogP contribution in [0, 0.1) is 0 Å². The Hall–Kier alpha value is -1.43. The fourth-order valence-electron chi connectivity index (χ4n) is 1.76. The van der Waals surface area contributed by atoms with Crippen molar-refractivity contribution in [3.05, 3.63) is 22.6 Å². The van der Waals surface area contributed by atoms with Crippen molar-refractivity contribution in [3.63, 3.8) is 0 Å². The number of halogens is 1. The van der Waals surface area contributed by atoms with Crippen LogP contribution in [0.25, 0.3) is 11.4 Å². The molecule has 0 aliphatic heterocycles. The van der Waals surface area contributed by atoms with Gasteiger partial charge < -0.3 is 5.32 Å². The van der Waals surface area contributed by atoms with E-state index < -0.39 is 0 Å². The van der Waals surface area contributed by atoms with Crippen molar-refractivity contribution < 1.29 is 0 Å². The van der Waals surface area contributed by atoms with Crippen LogP contribution in [-0.2, 0) is 6.42 Å². The standard InChI is InChI=1S/C13H18BrN5/c1-5-10-11(14)13(15-4)18-12(17-10)9-6-16-19(7-9)8(2)3/h6-8H,5H2,1-4H3,(H,15,17,18). The van der Waals surface area contributed by atoms with E-state index >= 15 is 0 Å². The van der Waals surface area contributed by atoms with Gasteiger partial charge in [-0.2, -0.15) is 5.10 Å². The van der Waals surface area contributed by atoms with Gasteiger partial charge in [-0.1, -0.05) is 6.92 Å². The van der Waals surface area contributed by atoms with Crippen molar-refractivity contribution in [2.75, 3.05) is 12.4 Å². The van der Waals surface area contributed by atoms with Gasteiger partial charge >= 0.3 is 0 Å². The highest BCUT2D eigenvalue weighted by molar-refractivity contribution is 9.10. The highest BCUT2D eigenvalue weighted by Gasteiger charge is 2.13. The van der Waals surface area contributed by atoms with Gasteiger partial charge in [-0.05, 0) is 36.2 Å². The van der Waals surface area contributed by atoms with Gasteiger partial charge in [0, 0.05) is 19.3 Å². The van der Waals surface area contributed by atoms with Gasteiger partial charge in [-0.3, -0.25) is 4.68 Å². The summed E-state index contributed by atoms with van der Waals surface area (Å²) in [5.74, 6) is 1.51. The summed E-state index contributed by atoms with van der Waals surface area (Å²) < 4.78 is 2.84. The molecule has 0 amide bonds. The molecule has 0 unspecified atom stereocenters. The van der Waals surface area contributed by atoms with Gasteiger partial charge in [0.25, 0.3) is 0 Å². The molecule has 0 bridgehead atoms. The first-order valence-corrected chi connectivity index (χ1v) is 7.14. The summed E-state index contributed by atoms with van der Waals surface area (Å²) in [5.41, 5.74) is 1.93. The molecule has 19 heavy (non-hydrogen) atoms. The number of hydrogen-bond donors (Lipinski definition) is 1. The van der Waals surface area contributed by atoms with Gasteiger partial charge in [-0.25, -0.2) is 9.97 Å². The normalized spacial score (nSPS) is 11.1. The number of rotatable bonds is 4. The first kappa shape index (κ1) is 14.0. The lowest BCUT2D eigenvalue weighted by molar-refractivity contribution is 0.532. The first-order valence-electron chi connectivity index (χ1n) is 6.35. The third-order valence-electron chi connectivity index (χ3n) is 2.88. The van der Waals surface area contributed by atoms with Crippen LogP contribution in [0.1, 0.15) is 32.5 Å². The van der Waals surface area contributed by atoms with Gasteiger partial charge in [0.15, 0.2) is 5.82 Å². The zero-order chi connectivity index (χ0) is 14.0. The number of aryl methyl sites for hydroxylation is 1. The van der Waals surface area contributed by atoms with E-state index in [0.29, 0.717) is 11.9 Å². The van der Waals surface area contributed by atoms with Crippen molar-refractivity contribution in [2.24, 2.45) is 0 Å². The number of nitrogens with zero attached hydrogens (tertiary/aromatic N) is 4. The molecule has 1 N–H and O–H groups in total. The van der Waals surface area contributed by atoms with Crippen LogP contribution in [-0.4, -0.2) is 26.8 Å². The van der Waals surface area contributed by atoms with E-state index in [2.05, 4.69) is 57.1 Å². The Morgan fingerprint density at radius 2 is 2.11 bits per heavy atom. The number of anilines is 1. The Morgan fingerprint density at radius 3 is 2.63 bits per heavy atom. The molecule has 0 fully saturated rings. The molecule has 2 aromatic heterocycles. The molecular weight excluding hydrogens is 306 g/mol. The van der Waals surface area contributed by atoms with Crippen LogP contribution in [0.4, 0.5) is 5.82 Å². The van der Waals surface area contributed by atoms with Crippen molar-refractivity contribution in [1.82, 2.24) is 19.7 Å². The second-order valence-electron chi connectivity index (χ2n) is 4.56. The predicted octanol–water partition coefficient (Wildman–Crippen LogP) is 3.29. The molecule has 0 radical (unpaired) electrons. The Kier molecular flexibility index (Phi) is 4.19. The highest BCUT2D eigenvalue weighted by atomic mass is 79.9. The summed E-state index contributed by atoms with van der Waals surface area (Å²) in [5, 5.41) is 7.41. The van der Waals surface area contributed by atoms with Crippen LogP contribution in [0.2, 0.25) is 0 Å². The Balaban J connectivity index is 2.49. The highest BCUT2D eigenvalue weighted by Crippen LogP contribution is 2.27. The summed E-state index contributed by atoms with van der Waals surface area (Å²) in [6, 6.07) is 0.332. The third-order valence-corrected chi connectivity index (χ3v) is 3.71. The molecule has 0 aromatic carbocycles. The molecule has 6 heteroatoms. The fraction of sp³-hybridized carbons (Fsp3) is 0.462. The van der Waals surface area contributed by atoms with Crippen LogP contribution < -0.4 is 5.32 Å². The van der Waals surface area contributed by atoms with Crippen LogP contribution >= 0.6 is 15.9 Å². The van der Waals surface area contributed by atoms with Crippen molar-refractivity contribution in [1.29, 1.82) is 0 Å². The molecule has 5 nitrogen and oxygen atoms in total. The van der Waals surface area contributed by atoms with Gasteiger partial charge in [-0.15, -0.1) is 0 Å². The van der Waals surface area contributed by atoms with E-state index in [1.165, 1.54) is 0 Å². The van der Waals surface area contributed by atoms with Crippen molar-refractivity contribution in [3.8, 4) is 11.4 Å². The molecule has 2 heterocycles. The Bertz CT molecular complexity index is 551. The minimum absolute atomic E-state index is 0.332. The topological polar surface area (TPSA) is 55.6 Å². The summed E-state index contributed by atoms with van der Waals surface area (Å²) >= 11 is 3.53. The molecule has 0 saturated carbocycles.